The summed E-state index contributed by atoms with van der Waals surface area (Å²) in [4.78, 5) is 0. The SMILES string of the molecule is CC(C)(CN)c1ccc(Cl)c(Cl)c1. The fourth-order valence-corrected chi connectivity index (χ4v) is 1.33. The first kappa shape index (κ1) is 10.8. The molecule has 0 saturated carbocycles. The van der Waals surface area contributed by atoms with Gasteiger partial charge in [0.15, 0.2) is 0 Å². The lowest BCUT2D eigenvalue weighted by molar-refractivity contribution is 0.539. The zero-order chi connectivity index (χ0) is 10.1. The molecule has 13 heavy (non-hydrogen) atoms. The molecule has 0 amide bonds. The van der Waals surface area contributed by atoms with Gasteiger partial charge in [0.1, 0.15) is 0 Å². The van der Waals surface area contributed by atoms with Gasteiger partial charge in [-0.25, -0.2) is 0 Å². The van der Waals surface area contributed by atoms with Crippen molar-refractivity contribution in [1.29, 1.82) is 0 Å². The maximum Gasteiger partial charge on any atom is 0.0595 e. The van der Waals surface area contributed by atoms with Gasteiger partial charge >= 0.3 is 0 Å². The third kappa shape index (κ3) is 2.37. The van der Waals surface area contributed by atoms with Gasteiger partial charge in [-0.2, -0.15) is 0 Å². The fraction of sp³-hybridized carbons (Fsp3) is 0.400. The Morgan fingerprint density at radius 2 is 1.85 bits per heavy atom. The van der Waals surface area contributed by atoms with Crippen LogP contribution in [0, 0.1) is 0 Å². The summed E-state index contributed by atoms with van der Waals surface area (Å²) in [7, 11) is 0. The van der Waals surface area contributed by atoms with Gasteiger partial charge in [0.05, 0.1) is 10.0 Å². The van der Waals surface area contributed by atoms with E-state index in [4.69, 9.17) is 28.9 Å². The number of nitrogens with two attached hydrogens (primary N) is 1. The van der Waals surface area contributed by atoms with Crippen molar-refractivity contribution in [3.63, 3.8) is 0 Å². The maximum atomic E-state index is 5.90. The van der Waals surface area contributed by atoms with Crippen LogP contribution < -0.4 is 5.73 Å². The lowest BCUT2D eigenvalue weighted by Crippen LogP contribution is -2.27. The highest BCUT2D eigenvalue weighted by Gasteiger charge is 2.18. The summed E-state index contributed by atoms with van der Waals surface area (Å²) in [6.07, 6.45) is 0. The molecular formula is C10H13Cl2N. The Bertz CT molecular complexity index is 308. The van der Waals surface area contributed by atoms with Crippen LogP contribution in [0.2, 0.25) is 10.0 Å². The maximum absolute atomic E-state index is 5.90. The highest BCUT2D eigenvalue weighted by molar-refractivity contribution is 6.42. The summed E-state index contributed by atoms with van der Waals surface area (Å²) in [6.45, 7) is 4.74. The van der Waals surface area contributed by atoms with Crippen LogP contribution >= 0.6 is 23.2 Å². The van der Waals surface area contributed by atoms with Gasteiger partial charge in [0.25, 0.3) is 0 Å². The zero-order valence-corrected chi connectivity index (χ0v) is 9.28. The van der Waals surface area contributed by atoms with Gasteiger partial charge in [-0.05, 0) is 17.7 Å². The minimum absolute atomic E-state index is 0.0474. The molecule has 0 aromatic heterocycles. The van der Waals surface area contributed by atoms with E-state index in [2.05, 4.69) is 13.8 Å². The van der Waals surface area contributed by atoms with Crippen molar-refractivity contribution in [2.45, 2.75) is 19.3 Å². The lowest BCUT2D eigenvalue weighted by atomic mass is 9.85. The van der Waals surface area contributed by atoms with Crippen molar-refractivity contribution < 1.29 is 0 Å². The lowest BCUT2D eigenvalue weighted by Gasteiger charge is -2.23. The average molecular weight is 218 g/mol. The minimum Gasteiger partial charge on any atom is -0.330 e. The van der Waals surface area contributed by atoms with Crippen LogP contribution in [0.25, 0.3) is 0 Å². The molecule has 1 aromatic carbocycles. The monoisotopic (exact) mass is 217 g/mol. The van der Waals surface area contributed by atoms with E-state index in [0.29, 0.717) is 16.6 Å². The molecule has 0 bridgehead atoms. The molecule has 2 N–H and O–H groups in total. The molecule has 0 saturated heterocycles. The molecule has 0 aliphatic heterocycles. The molecule has 0 spiro atoms. The largest absolute Gasteiger partial charge is 0.330 e. The van der Waals surface area contributed by atoms with E-state index in [9.17, 15) is 0 Å². The van der Waals surface area contributed by atoms with E-state index in [1.807, 2.05) is 12.1 Å². The second kappa shape index (κ2) is 3.87. The van der Waals surface area contributed by atoms with E-state index in [1.54, 1.807) is 6.07 Å². The number of halogens is 2. The van der Waals surface area contributed by atoms with Gasteiger partial charge in [0, 0.05) is 12.0 Å². The van der Waals surface area contributed by atoms with Gasteiger partial charge in [-0.1, -0.05) is 43.1 Å². The first-order valence-electron chi connectivity index (χ1n) is 4.13. The number of benzene rings is 1. The highest BCUT2D eigenvalue weighted by Crippen LogP contribution is 2.29. The van der Waals surface area contributed by atoms with E-state index >= 15 is 0 Å². The molecule has 3 heteroatoms. The van der Waals surface area contributed by atoms with E-state index < -0.39 is 0 Å². The molecule has 0 atom stereocenters. The molecule has 1 nitrogen and oxygen atoms in total. The van der Waals surface area contributed by atoms with E-state index in [-0.39, 0.29) is 5.41 Å². The van der Waals surface area contributed by atoms with Gasteiger partial charge in [-0.3, -0.25) is 0 Å². The molecule has 0 fully saturated rings. The Labute approximate surface area is 88.8 Å². The second-order valence-corrected chi connectivity index (χ2v) is 4.53. The van der Waals surface area contributed by atoms with Crippen molar-refractivity contribution in [2.24, 2.45) is 5.73 Å². The first-order valence-corrected chi connectivity index (χ1v) is 4.88. The molecular weight excluding hydrogens is 205 g/mol. The molecule has 0 radical (unpaired) electrons. The average Bonchev–Trinajstić information content (AvgIpc) is 2.09. The summed E-state index contributed by atoms with van der Waals surface area (Å²) in [6, 6.07) is 5.63. The summed E-state index contributed by atoms with van der Waals surface area (Å²) >= 11 is 11.7. The van der Waals surface area contributed by atoms with Crippen molar-refractivity contribution in [1.82, 2.24) is 0 Å². The van der Waals surface area contributed by atoms with Crippen molar-refractivity contribution in [3.05, 3.63) is 33.8 Å². The van der Waals surface area contributed by atoms with Crippen molar-refractivity contribution >= 4 is 23.2 Å². The topological polar surface area (TPSA) is 26.0 Å². The number of hydrogen-bond acceptors (Lipinski definition) is 1. The van der Waals surface area contributed by atoms with E-state index in [0.717, 1.165) is 5.56 Å². The molecule has 0 aliphatic rings. The van der Waals surface area contributed by atoms with Gasteiger partial charge in [-0.15, -0.1) is 0 Å². The normalized spacial score (nSPS) is 11.8. The fourth-order valence-electron chi connectivity index (χ4n) is 1.03. The van der Waals surface area contributed by atoms with E-state index in [1.165, 1.54) is 0 Å². The first-order chi connectivity index (χ1) is 5.97. The Morgan fingerprint density at radius 3 is 2.31 bits per heavy atom. The van der Waals surface area contributed by atoms with Crippen LogP contribution in [-0.4, -0.2) is 6.54 Å². The summed E-state index contributed by atoms with van der Waals surface area (Å²) in [5.74, 6) is 0. The standard InChI is InChI=1S/C10H13Cl2N/c1-10(2,6-13)7-3-4-8(11)9(12)5-7/h3-5H,6,13H2,1-2H3. The van der Waals surface area contributed by atoms with Crippen LogP contribution in [-0.2, 0) is 5.41 Å². The Morgan fingerprint density at radius 1 is 1.23 bits per heavy atom. The van der Waals surface area contributed by atoms with Gasteiger partial charge in [0.2, 0.25) is 0 Å². The van der Waals surface area contributed by atoms with Crippen LogP contribution in [0.3, 0.4) is 0 Å². The Hall–Kier alpha value is -0.240. The molecule has 72 valence electrons. The van der Waals surface area contributed by atoms with Crippen molar-refractivity contribution in [3.8, 4) is 0 Å². The molecule has 1 rings (SSSR count). The zero-order valence-electron chi connectivity index (χ0n) is 7.77. The van der Waals surface area contributed by atoms with Crippen molar-refractivity contribution in [2.75, 3.05) is 6.54 Å². The summed E-state index contributed by atoms with van der Waals surface area (Å²) in [5, 5.41) is 1.17. The molecule has 0 heterocycles. The third-order valence-electron chi connectivity index (χ3n) is 2.21. The summed E-state index contributed by atoms with van der Waals surface area (Å²) in [5.41, 5.74) is 6.72. The van der Waals surface area contributed by atoms with Crippen LogP contribution in [0.15, 0.2) is 18.2 Å². The highest BCUT2D eigenvalue weighted by atomic mass is 35.5. The van der Waals surface area contributed by atoms with Gasteiger partial charge < -0.3 is 5.73 Å². The smallest absolute Gasteiger partial charge is 0.0595 e. The molecule has 0 unspecified atom stereocenters. The molecule has 0 aliphatic carbocycles. The van der Waals surface area contributed by atoms with Crippen LogP contribution in [0.1, 0.15) is 19.4 Å². The second-order valence-electron chi connectivity index (χ2n) is 3.72. The predicted octanol–water partition coefficient (Wildman–Crippen LogP) is 3.23. The number of rotatable bonds is 2. The van der Waals surface area contributed by atoms with Crippen LogP contribution in [0.5, 0.6) is 0 Å². The Balaban J connectivity index is 3.10. The quantitative estimate of drug-likeness (QED) is 0.810. The summed E-state index contributed by atoms with van der Waals surface area (Å²) < 4.78 is 0. The minimum atomic E-state index is -0.0474. The molecule has 1 aromatic rings. The van der Waals surface area contributed by atoms with Crippen LogP contribution in [0.4, 0.5) is 0 Å². The Kier molecular flexibility index (Phi) is 3.23. The predicted molar refractivity (Wildman–Crippen MR) is 58.5 cm³/mol. The number of hydrogen-bond donors (Lipinski definition) is 1. The third-order valence-corrected chi connectivity index (χ3v) is 2.95.